The zero-order valence-corrected chi connectivity index (χ0v) is 74.1. The minimum atomic E-state index is -0.340. The maximum absolute atomic E-state index is 13.0. The maximum Gasteiger partial charge on any atom is 0.212 e. The zero-order valence-electron chi connectivity index (χ0n) is 70.9. The molecule has 122 heavy (non-hydrogen) atoms. The molecule has 0 bridgehead atoms. The third kappa shape index (κ3) is 20.7. The molecule has 7 aliphatic heterocycles. The second-order valence-electron chi connectivity index (χ2n) is 33.2. The van der Waals surface area contributed by atoms with Crippen LogP contribution in [0, 0.1) is 17.6 Å². The van der Waals surface area contributed by atoms with Gasteiger partial charge < -0.3 is 14.7 Å². The van der Waals surface area contributed by atoms with Gasteiger partial charge in [-0.3, -0.25) is 34.3 Å². The number of halogens is 2. The predicted octanol–water partition coefficient (Wildman–Crippen LogP) is 21.1. The Labute approximate surface area is 732 Å². The van der Waals surface area contributed by atoms with Crippen molar-refractivity contribution in [2.45, 2.75) is 120 Å². The number of fused-ring (bicyclic) bond motifs is 4. The maximum atomic E-state index is 13.0. The second-order valence-corrected chi connectivity index (χ2v) is 37.1. The monoisotopic (exact) mass is 1710 g/mol. The summed E-state index contributed by atoms with van der Waals surface area (Å²) in [4.78, 5) is 75.0. The minimum absolute atomic E-state index is 0.145. The molecule has 4 unspecified atom stereocenters. The molecule has 7 fully saturated rings. The highest BCUT2D eigenvalue weighted by atomic mass is 32.1. The molecule has 0 spiro atoms. The topological polar surface area (TPSA) is 159 Å². The lowest BCUT2D eigenvalue weighted by Crippen LogP contribution is -2.47. The lowest BCUT2D eigenvalue weighted by molar-refractivity contribution is 0.103. The SMILES string of the molecule is CN(c1ccc(F)cc1)c1cc(C2CCCN2C)ccn1.CN1CCC2CCN(CCc3ccccc3)CC21.CN1CCCC1c1nc(C(=O)c2ccc(F)cc2)cs1.CN1CCC[C@H]1c1nc2c(-c3ccccc3)ccnc2s1.CN1CCC[C@H]1c1nc2c(-c3ccccc3)nccc2s1.CN1CCC[C@H]1c1nc2c(-c3ccccc3)ncnc2s1. The largest absolute Gasteiger partial charge is 0.329 e. The number of carbonyl (C=O) groups is 1. The fourth-order valence-corrected chi connectivity index (χ4v) is 22.5. The number of hydrogen-bond donors (Lipinski definition) is 0. The highest BCUT2D eigenvalue weighted by molar-refractivity contribution is 7.19. The average Bonchev–Trinajstić information content (AvgIpc) is 1.63. The van der Waals surface area contributed by atoms with Crippen LogP contribution in [-0.2, 0) is 6.42 Å². The van der Waals surface area contributed by atoms with Gasteiger partial charge in [-0.15, -0.1) is 22.7 Å². The van der Waals surface area contributed by atoms with Gasteiger partial charge in [-0.2, -0.15) is 0 Å². The number of rotatable bonds is 15. The first-order valence-corrected chi connectivity index (χ1v) is 46.4. The third-order valence-corrected chi connectivity index (χ3v) is 29.3. The first-order chi connectivity index (χ1) is 59.6. The summed E-state index contributed by atoms with van der Waals surface area (Å²) in [7, 11) is 15.1. The third-order valence-electron chi connectivity index (χ3n) is 25.1. The van der Waals surface area contributed by atoms with Gasteiger partial charge in [0.25, 0.3) is 0 Å². The molecule has 18 nitrogen and oxygen atoms in total. The number of nitrogens with zero attached hydrogens (tertiary/aromatic N) is 17. The Hall–Kier alpha value is -9.80. The molecular formula is C98H109F2N17OS4. The Morgan fingerprint density at radius 2 is 0.934 bits per heavy atom. The van der Waals surface area contributed by atoms with E-state index in [0.29, 0.717) is 41.5 Å². The van der Waals surface area contributed by atoms with E-state index in [0.717, 1.165) is 103 Å². The van der Waals surface area contributed by atoms with Crippen LogP contribution in [0.2, 0.25) is 0 Å². The molecule has 7 aliphatic rings. The van der Waals surface area contributed by atoms with Crippen molar-refractivity contribution in [1.29, 1.82) is 0 Å². The molecule has 8 aromatic heterocycles. The predicted molar refractivity (Wildman–Crippen MR) is 496 cm³/mol. The van der Waals surface area contributed by atoms with Crippen molar-refractivity contribution < 1.29 is 13.6 Å². The first kappa shape index (κ1) is 85.7. The summed E-state index contributed by atoms with van der Waals surface area (Å²) in [5.74, 6) is 1.16. The number of thiazole rings is 4. The fourth-order valence-electron chi connectivity index (χ4n) is 18.1. The molecule has 0 saturated carbocycles. The van der Waals surface area contributed by atoms with Crippen molar-refractivity contribution in [1.82, 2.24) is 79.2 Å². The van der Waals surface area contributed by atoms with E-state index in [1.165, 1.54) is 206 Å². The number of pyridine rings is 3. The van der Waals surface area contributed by atoms with Gasteiger partial charge in [0.15, 0.2) is 0 Å². The molecule has 7 saturated heterocycles. The quantitative estimate of drug-likeness (QED) is 0.0891. The minimum Gasteiger partial charge on any atom is -0.329 e. The fraction of sp³-hybridized carbons (Fsp3) is 0.367. The molecule has 7 atom stereocenters. The van der Waals surface area contributed by atoms with Gasteiger partial charge >= 0.3 is 0 Å². The van der Waals surface area contributed by atoms with Gasteiger partial charge in [-0.1, -0.05) is 144 Å². The Morgan fingerprint density at radius 1 is 0.443 bits per heavy atom. The van der Waals surface area contributed by atoms with Gasteiger partial charge in [0.2, 0.25) is 5.78 Å². The average molecular weight is 1710 g/mol. The van der Waals surface area contributed by atoms with Crippen LogP contribution in [0.25, 0.3) is 64.6 Å². The van der Waals surface area contributed by atoms with Gasteiger partial charge in [0.05, 0.1) is 34.6 Å². The number of likely N-dealkylation sites (N-methyl/N-ethyl adjacent to an activating group) is 1. The molecule has 0 aliphatic carbocycles. The second kappa shape index (κ2) is 40.7. The highest BCUT2D eigenvalue weighted by Gasteiger charge is 2.37. The Morgan fingerprint density at radius 3 is 1.52 bits per heavy atom. The van der Waals surface area contributed by atoms with Crippen molar-refractivity contribution >= 4 is 93.5 Å². The van der Waals surface area contributed by atoms with E-state index in [4.69, 9.17) is 15.0 Å². The van der Waals surface area contributed by atoms with E-state index < -0.39 is 0 Å². The molecular weight excluding hydrogens is 1600 g/mol. The van der Waals surface area contributed by atoms with Crippen LogP contribution < -0.4 is 4.90 Å². The van der Waals surface area contributed by atoms with Gasteiger partial charge in [-0.05, 0) is 267 Å². The van der Waals surface area contributed by atoms with E-state index in [2.05, 4.69) is 210 Å². The Kier molecular flexibility index (Phi) is 28.6. The van der Waals surface area contributed by atoms with Crippen molar-refractivity contribution in [3.8, 4) is 33.6 Å². The summed E-state index contributed by atoms with van der Waals surface area (Å²) in [5.41, 5.74) is 14.2. The van der Waals surface area contributed by atoms with Gasteiger partial charge in [0, 0.05) is 84.1 Å². The standard InChI is InChI=1S/C17H20FN3.2C17H17N3S.C16H16N4S.C16H24N2.C15H15FN2OS/c1-20-11-3-4-16(20)13-9-10-19-17(12-13)21(2)15-7-5-14(18)6-8-15;1-20-11-5-8-14(20)16-19-15-13(9-10-18-17(15)21-16)12-6-3-2-4-7-12;1-20-11-5-8-13(20)17-19-16-14(21-17)9-10-18-15(16)12-6-3-2-4-7-12;1-20-9-5-8-12(20)15-19-14-13(11-6-3-2-4-7-11)17-10-18-16(14)21-15;1-17-10-8-15-9-12-18(13-16(15)17)11-7-14-5-3-2-4-6-14;1-18-8-2-3-13(18)15-17-12(9-20-15)14(19)10-4-6-11(16)7-5-10/h5-10,12,16H,3-4,11H2,1-2H3;2-4,6-7,9-10,14H,5,8,11H2,1H3;2-4,6-7,9-10,13H,5,8,11H2,1H3;2-4,6-7,10,12H,5,8-9H2,1H3;2-6,15-16H,7-13H2,1H3;4-7,9,13H,2-3,8H2,1H3/t;14-;13-;12-;;/m.000../s1. The number of hydrogen-bond acceptors (Lipinski definition) is 22. The number of likely N-dealkylation sites (tertiary alicyclic amines) is 7. The van der Waals surface area contributed by atoms with E-state index in [-0.39, 0.29) is 17.4 Å². The summed E-state index contributed by atoms with van der Waals surface area (Å²) in [5, 5.41) is 6.40. The Balaban J connectivity index is 0.000000109. The van der Waals surface area contributed by atoms with Crippen LogP contribution in [0.15, 0.2) is 224 Å². The van der Waals surface area contributed by atoms with Crippen molar-refractivity contribution in [3.63, 3.8) is 0 Å². The first-order valence-electron chi connectivity index (χ1n) is 43.1. The van der Waals surface area contributed by atoms with Crippen LogP contribution in [0.4, 0.5) is 20.3 Å². The number of aromatic nitrogens is 9. The molecule has 0 radical (unpaired) electrons. The number of carbonyl (C=O) groups excluding carboxylic acids is 1. The van der Waals surface area contributed by atoms with Crippen molar-refractivity contribution in [2.24, 2.45) is 5.92 Å². The van der Waals surface area contributed by atoms with E-state index in [1.807, 2.05) is 84.3 Å². The molecule has 24 heteroatoms. The summed E-state index contributed by atoms with van der Waals surface area (Å²) in [6, 6.07) is 65.3. The van der Waals surface area contributed by atoms with Gasteiger partial charge in [0.1, 0.15) is 81.4 Å². The van der Waals surface area contributed by atoms with Crippen LogP contribution in [-0.4, -0.2) is 199 Å². The van der Waals surface area contributed by atoms with Crippen LogP contribution in [0.5, 0.6) is 0 Å². The number of piperidine rings is 1. The summed E-state index contributed by atoms with van der Waals surface area (Å²) >= 11 is 6.79. The molecule has 6 aromatic carbocycles. The van der Waals surface area contributed by atoms with E-state index in [1.54, 1.807) is 46.5 Å². The smallest absolute Gasteiger partial charge is 0.212 e. The molecule has 14 aromatic rings. The van der Waals surface area contributed by atoms with E-state index in [9.17, 15) is 13.6 Å². The van der Waals surface area contributed by atoms with E-state index >= 15 is 0 Å². The Bertz CT molecular complexity index is 5390. The summed E-state index contributed by atoms with van der Waals surface area (Å²) < 4.78 is 27.1. The number of ketones is 1. The van der Waals surface area contributed by atoms with Crippen molar-refractivity contribution in [2.75, 3.05) is 113 Å². The zero-order chi connectivity index (χ0) is 84.0. The number of anilines is 2. The van der Waals surface area contributed by atoms with Crippen LogP contribution in [0.1, 0.15) is 154 Å². The molecule has 21 rings (SSSR count). The molecule has 0 amide bonds. The van der Waals surface area contributed by atoms with Gasteiger partial charge in [-0.25, -0.2) is 48.7 Å². The number of benzene rings is 6. The summed E-state index contributed by atoms with van der Waals surface area (Å²) in [6.45, 7) is 10.8. The highest BCUT2D eigenvalue weighted by Crippen LogP contribution is 2.43. The molecule has 630 valence electrons. The van der Waals surface area contributed by atoms with Crippen LogP contribution >= 0.6 is 45.3 Å². The molecule has 15 heterocycles. The summed E-state index contributed by atoms with van der Waals surface area (Å²) in [6.07, 6.45) is 23.4. The lowest BCUT2D eigenvalue weighted by atomic mass is 9.92. The molecule has 0 N–H and O–H groups in total. The normalized spacial score (nSPS) is 20.8. The van der Waals surface area contributed by atoms with Crippen molar-refractivity contribution in [3.05, 3.63) is 278 Å². The lowest BCUT2D eigenvalue weighted by Gasteiger charge is -2.37. The van der Waals surface area contributed by atoms with Crippen LogP contribution in [0.3, 0.4) is 0 Å².